The fourth-order valence-electron chi connectivity index (χ4n) is 2.88. The maximum Gasteiger partial charge on any atom is 0.202 e. The fraction of sp³-hybridized carbons (Fsp3) is 0.409. The molecule has 4 aromatic rings. The molecule has 0 bridgehead atoms. The van der Waals surface area contributed by atoms with Gasteiger partial charge in [-0.3, -0.25) is 0 Å². The number of anilines is 2. The predicted octanol–water partition coefficient (Wildman–Crippen LogP) is 5.17. The standard InChI is InChI=1S/C12H17N3.C10H14N4/c1-8-5-6-9-10(7-8)14-11(13-9)15-12(2,3)4;1-6(2)12-10-13-8-4-7(3)5-11-9(8)14-10/h5-7H,1-4H3,(H2,13,14,15);4-6H,1-3H3,(H2,11,12,13,14). The summed E-state index contributed by atoms with van der Waals surface area (Å²) < 4.78 is 0. The summed E-state index contributed by atoms with van der Waals surface area (Å²) in [6.45, 7) is 14.6. The van der Waals surface area contributed by atoms with E-state index in [2.05, 4.69) is 89.2 Å². The molecule has 0 aliphatic rings. The topological polar surface area (TPSA) is 94.3 Å². The Balaban J connectivity index is 0.000000166. The molecule has 0 radical (unpaired) electrons. The zero-order valence-corrected chi connectivity index (χ0v) is 18.3. The van der Waals surface area contributed by atoms with Crippen molar-refractivity contribution in [3.05, 3.63) is 41.6 Å². The van der Waals surface area contributed by atoms with Crippen molar-refractivity contribution in [1.29, 1.82) is 0 Å². The van der Waals surface area contributed by atoms with Gasteiger partial charge in [-0.2, -0.15) is 4.98 Å². The fourth-order valence-corrected chi connectivity index (χ4v) is 2.88. The SMILES string of the molecule is Cc1ccc2nc(NC(C)(C)C)[nH]c2c1.Cc1cnc2nc(NC(C)C)[nH]c2c1. The number of aromatic nitrogens is 5. The lowest BCUT2D eigenvalue weighted by molar-refractivity contribution is 0.628. The number of benzene rings is 1. The van der Waals surface area contributed by atoms with E-state index in [1.54, 1.807) is 0 Å². The highest BCUT2D eigenvalue weighted by atomic mass is 15.2. The highest BCUT2D eigenvalue weighted by molar-refractivity contribution is 5.78. The summed E-state index contributed by atoms with van der Waals surface area (Å²) >= 11 is 0. The molecule has 4 rings (SSSR count). The molecule has 7 nitrogen and oxygen atoms in total. The van der Waals surface area contributed by atoms with E-state index >= 15 is 0 Å². The van der Waals surface area contributed by atoms with E-state index in [0.717, 1.165) is 39.7 Å². The van der Waals surface area contributed by atoms with Crippen molar-refractivity contribution in [2.24, 2.45) is 0 Å². The van der Waals surface area contributed by atoms with Crippen LogP contribution in [0.2, 0.25) is 0 Å². The molecule has 0 saturated carbocycles. The molecule has 29 heavy (non-hydrogen) atoms. The molecular weight excluding hydrogens is 362 g/mol. The second-order valence-corrected chi connectivity index (χ2v) is 8.75. The molecule has 7 heteroatoms. The second-order valence-electron chi connectivity index (χ2n) is 8.75. The summed E-state index contributed by atoms with van der Waals surface area (Å²) in [5, 5.41) is 6.53. The first-order valence-corrected chi connectivity index (χ1v) is 9.92. The Labute approximate surface area is 171 Å². The van der Waals surface area contributed by atoms with Crippen molar-refractivity contribution in [3.63, 3.8) is 0 Å². The number of aromatic amines is 2. The molecule has 0 spiro atoms. The normalized spacial score (nSPS) is 11.6. The van der Waals surface area contributed by atoms with Crippen LogP contribution >= 0.6 is 0 Å². The van der Waals surface area contributed by atoms with Crippen LogP contribution in [0.5, 0.6) is 0 Å². The lowest BCUT2D eigenvalue weighted by atomic mass is 10.1. The molecule has 0 aliphatic carbocycles. The summed E-state index contributed by atoms with van der Waals surface area (Å²) in [6.07, 6.45) is 1.82. The minimum Gasteiger partial charge on any atom is -0.354 e. The number of fused-ring (bicyclic) bond motifs is 2. The molecular formula is C22H31N7. The van der Waals surface area contributed by atoms with Gasteiger partial charge in [0.05, 0.1) is 16.6 Å². The van der Waals surface area contributed by atoms with Gasteiger partial charge in [0.25, 0.3) is 0 Å². The Kier molecular flexibility index (Phi) is 5.77. The van der Waals surface area contributed by atoms with Gasteiger partial charge in [-0.1, -0.05) is 6.07 Å². The van der Waals surface area contributed by atoms with Crippen LogP contribution in [0.25, 0.3) is 22.2 Å². The number of hydrogen-bond donors (Lipinski definition) is 4. The van der Waals surface area contributed by atoms with Crippen molar-refractivity contribution in [3.8, 4) is 0 Å². The van der Waals surface area contributed by atoms with Gasteiger partial charge in [0.2, 0.25) is 11.9 Å². The first kappa shape index (κ1) is 20.6. The first-order valence-electron chi connectivity index (χ1n) is 9.92. The number of rotatable bonds is 3. The number of hydrogen-bond acceptors (Lipinski definition) is 5. The number of imidazole rings is 2. The van der Waals surface area contributed by atoms with Crippen LogP contribution in [0, 0.1) is 13.8 Å². The quantitative estimate of drug-likeness (QED) is 0.385. The molecule has 0 aliphatic heterocycles. The van der Waals surface area contributed by atoms with Crippen LogP contribution in [0.1, 0.15) is 45.7 Å². The van der Waals surface area contributed by atoms with Crippen LogP contribution in [-0.2, 0) is 0 Å². The van der Waals surface area contributed by atoms with Crippen molar-refractivity contribution in [2.45, 2.75) is 60.0 Å². The molecule has 154 valence electrons. The highest BCUT2D eigenvalue weighted by Gasteiger charge is 2.12. The Morgan fingerprint density at radius 3 is 2.28 bits per heavy atom. The number of H-pyrrole nitrogens is 2. The van der Waals surface area contributed by atoms with E-state index in [-0.39, 0.29) is 5.54 Å². The first-order chi connectivity index (χ1) is 13.6. The number of nitrogens with one attached hydrogen (secondary N) is 4. The maximum absolute atomic E-state index is 4.47. The van der Waals surface area contributed by atoms with Crippen LogP contribution in [0.3, 0.4) is 0 Å². The average Bonchev–Trinajstić information content (AvgIpc) is 3.14. The minimum absolute atomic E-state index is 0.0307. The molecule has 0 saturated heterocycles. The number of nitrogens with zero attached hydrogens (tertiary/aromatic N) is 3. The average molecular weight is 394 g/mol. The molecule has 0 amide bonds. The molecule has 0 unspecified atom stereocenters. The Morgan fingerprint density at radius 2 is 1.59 bits per heavy atom. The maximum atomic E-state index is 4.47. The van der Waals surface area contributed by atoms with E-state index in [9.17, 15) is 0 Å². The Bertz CT molecular complexity index is 1100. The summed E-state index contributed by atoms with van der Waals surface area (Å²) in [5.74, 6) is 1.62. The van der Waals surface area contributed by atoms with Gasteiger partial charge in [-0.25, -0.2) is 9.97 Å². The van der Waals surface area contributed by atoms with Gasteiger partial charge in [0.15, 0.2) is 5.65 Å². The largest absolute Gasteiger partial charge is 0.354 e. The zero-order valence-electron chi connectivity index (χ0n) is 18.3. The number of aryl methyl sites for hydroxylation is 2. The lowest BCUT2D eigenvalue weighted by Crippen LogP contribution is -2.26. The van der Waals surface area contributed by atoms with E-state index in [1.165, 1.54) is 5.56 Å². The molecule has 3 heterocycles. The van der Waals surface area contributed by atoms with Crippen LogP contribution in [0.15, 0.2) is 30.5 Å². The molecule has 0 atom stereocenters. The van der Waals surface area contributed by atoms with E-state index in [4.69, 9.17) is 0 Å². The van der Waals surface area contributed by atoms with Crippen LogP contribution in [-0.4, -0.2) is 36.5 Å². The third kappa shape index (κ3) is 5.70. The smallest absolute Gasteiger partial charge is 0.202 e. The van der Waals surface area contributed by atoms with E-state index < -0.39 is 0 Å². The zero-order chi connectivity index (χ0) is 21.2. The summed E-state index contributed by atoms with van der Waals surface area (Å²) in [5.41, 5.74) is 6.25. The van der Waals surface area contributed by atoms with Gasteiger partial charge in [-0.05, 0) is 77.8 Å². The molecule has 1 aromatic carbocycles. The van der Waals surface area contributed by atoms with Gasteiger partial charge in [0.1, 0.15) is 0 Å². The summed E-state index contributed by atoms with van der Waals surface area (Å²) in [4.78, 5) is 19.5. The minimum atomic E-state index is 0.0307. The van der Waals surface area contributed by atoms with Crippen molar-refractivity contribution >= 4 is 34.1 Å². The van der Waals surface area contributed by atoms with E-state index in [0.29, 0.717) is 6.04 Å². The second kappa shape index (κ2) is 8.11. The van der Waals surface area contributed by atoms with Crippen molar-refractivity contribution < 1.29 is 0 Å². The summed E-state index contributed by atoms with van der Waals surface area (Å²) in [6, 6.07) is 8.63. The predicted molar refractivity (Wildman–Crippen MR) is 122 cm³/mol. The van der Waals surface area contributed by atoms with Gasteiger partial charge in [-0.15, -0.1) is 0 Å². The van der Waals surface area contributed by atoms with Crippen molar-refractivity contribution in [1.82, 2.24) is 24.9 Å². The highest BCUT2D eigenvalue weighted by Crippen LogP contribution is 2.18. The van der Waals surface area contributed by atoms with E-state index in [1.807, 2.05) is 25.3 Å². The lowest BCUT2D eigenvalue weighted by Gasteiger charge is -2.19. The molecule has 3 aromatic heterocycles. The third-order valence-electron chi connectivity index (χ3n) is 4.03. The van der Waals surface area contributed by atoms with Gasteiger partial charge >= 0.3 is 0 Å². The Hall–Kier alpha value is -3.09. The van der Waals surface area contributed by atoms with Crippen LogP contribution < -0.4 is 10.6 Å². The van der Waals surface area contributed by atoms with Crippen molar-refractivity contribution in [2.75, 3.05) is 10.6 Å². The van der Waals surface area contributed by atoms with Gasteiger partial charge < -0.3 is 20.6 Å². The molecule has 4 N–H and O–H groups in total. The molecule has 0 fully saturated rings. The third-order valence-corrected chi connectivity index (χ3v) is 4.03. The Morgan fingerprint density at radius 1 is 0.897 bits per heavy atom. The monoisotopic (exact) mass is 393 g/mol. The van der Waals surface area contributed by atoms with Gasteiger partial charge in [0, 0.05) is 17.8 Å². The summed E-state index contributed by atoms with van der Waals surface area (Å²) in [7, 11) is 0. The van der Waals surface area contributed by atoms with Crippen LogP contribution in [0.4, 0.5) is 11.9 Å². The number of pyridine rings is 1.